The number of amides is 1. The topological polar surface area (TPSA) is 52.9 Å². The molecule has 3 heteroatoms. The largest absolute Gasteiger partial charge is 0.352 e. The Hall–Kier alpha value is -1.04. The van der Waals surface area contributed by atoms with Gasteiger partial charge in [-0.05, 0) is 18.8 Å². The van der Waals surface area contributed by atoms with E-state index in [1.54, 1.807) is 0 Å². The summed E-state index contributed by atoms with van der Waals surface area (Å²) < 4.78 is 0. The summed E-state index contributed by atoms with van der Waals surface area (Å²) in [6.07, 6.45) is 2.10. The maximum Gasteiger partial charge on any atom is 0.237 e. The van der Waals surface area contributed by atoms with E-state index in [2.05, 4.69) is 25.2 Å². The first-order chi connectivity index (χ1) is 7.47. The van der Waals surface area contributed by atoms with Gasteiger partial charge in [0.1, 0.15) is 5.92 Å². The monoisotopic (exact) mass is 224 g/mol. The smallest absolute Gasteiger partial charge is 0.237 e. The second-order valence-electron chi connectivity index (χ2n) is 4.72. The molecule has 0 saturated carbocycles. The highest BCUT2D eigenvalue weighted by atomic mass is 16.1. The Morgan fingerprint density at radius 2 is 1.75 bits per heavy atom. The van der Waals surface area contributed by atoms with Crippen LogP contribution < -0.4 is 5.32 Å². The molecule has 0 aliphatic rings. The highest BCUT2D eigenvalue weighted by Crippen LogP contribution is 2.15. The van der Waals surface area contributed by atoms with Gasteiger partial charge in [-0.3, -0.25) is 4.79 Å². The van der Waals surface area contributed by atoms with Crippen molar-refractivity contribution in [1.82, 2.24) is 5.32 Å². The van der Waals surface area contributed by atoms with Crippen molar-refractivity contribution in [3.05, 3.63) is 0 Å². The second-order valence-corrected chi connectivity index (χ2v) is 4.72. The van der Waals surface area contributed by atoms with E-state index in [1.807, 2.05) is 20.8 Å². The molecule has 0 aromatic carbocycles. The van der Waals surface area contributed by atoms with Crippen LogP contribution in [-0.2, 0) is 4.79 Å². The predicted molar refractivity (Wildman–Crippen MR) is 65.6 cm³/mol. The standard InChI is InChI=1S/C13H24N2O/c1-6-11(7-2)10(5)15-13(16)12(8-14)9(3)4/h9-12H,6-7H2,1-5H3,(H,15,16). The number of nitrogens with zero attached hydrogens (tertiary/aromatic N) is 1. The molecule has 0 aromatic rings. The van der Waals surface area contributed by atoms with Gasteiger partial charge in [-0.1, -0.05) is 40.5 Å². The minimum absolute atomic E-state index is 0.0684. The molecule has 3 nitrogen and oxygen atoms in total. The van der Waals surface area contributed by atoms with Crippen LogP contribution in [0.25, 0.3) is 0 Å². The minimum atomic E-state index is -0.531. The van der Waals surface area contributed by atoms with Gasteiger partial charge in [0, 0.05) is 6.04 Å². The lowest BCUT2D eigenvalue weighted by Gasteiger charge is -2.24. The lowest BCUT2D eigenvalue weighted by Crippen LogP contribution is -2.42. The van der Waals surface area contributed by atoms with E-state index in [0.29, 0.717) is 5.92 Å². The molecule has 1 N–H and O–H groups in total. The maximum atomic E-state index is 11.8. The highest BCUT2D eigenvalue weighted by Gasteiger charge is 2.24. The van der Waals surface area contributed by atoms with E-state index in [4.69, 9.17) is 5.26 Å². The van der Waals surface area contributed by atoms with Crippen molar-refractivity contribution in [1.29, 1.82) is 5.26 Å². The fourth-order valence-corrected chi connectivity index (χ4v) is 1.94. The van der Waals surface area contributed by atoms with Crippen LogP contribution in [0, 0.1) is 29.1 Å². The third kappa shape index (κ3) is 4.22. The van der Waals surface area contributed by atoms with Gasteiger partial charge in [0.05, 0.1) is 6.07 Å². The minimum Gasteiger partial charge on any atom is -0.352 e. The normalized spacial score (nSPS) is 14.6. The summed E-state index contributed by atoms with van der Waals surface area (Å²) in [7, 11) is 0. The zero-order chi connectivity index (χ0) is 12.7. The van der Waals surface area contributed by atoms with Gasteiger partial charge in [-0.25, -0.2) is 0 Å². The fourth-order valence-electron chi connectivity index (χ4n) is 1.94. The van der Waals surface area contributed by atoms with Gasteiger partial charge >= 0.3 is 0 Å². The molecular weight excluding hydrogens is 200 g/mol. The molecule has 0 aliphatic carbocycles. The summed E-state index contributed by atoms with van der Waals surface area (Å²) in [5, 5.41) is 11.9. The molecule has 0 aromatic heterocycles. The quantitative estimate of drug-likeness (QED) is 0.754. The van der Waals surface area contributed by atoms with E-state index >= 15 is 0 Å². The van der Waals surface area contributed by atoms with Crippen molar-refractivity contribution >= 4 is 5.91 Å². The molecule has 0 bridgehead atoms. The third-order valence-corrected chi connectivity index (χ3v) is 3.21. The second kappa shape index (κ2) is 7.27. The van der Waals surface area contributed by atoms with Gasteiger partial charge in [-0.2, -0.15) is 5.26 Å². The molecule has 0 fully saturated rings. The SMILES string of the molecule is CCC(CC)C(C)NC(=O)C(C#N)C(C)C. The van der Waals surface area contributed by atoms with Crippen molar-refractivity contribution in [2.24, 2.45) is 17.8 Å². The molecule has 0 aliphatic heterocycles. The average Bonchev–Trinajstić information content (AvgIpc) is 2.19. The number of nitrogens with one attached hydrogen (secondary N) is 1. The molecule has 92 valence electrons. The Morgan fingerprint density at radius 1 is 1.25 bits per heavy atom. The Bertz CT molecular complexity index is 251. The summed E-state index contributed by atoms with van der Waals surface area (Å²) in [6.45, 7) is 10.1. The van der Waals surface area contributed by atoms with Crippen molar-refractivity contribution in [2.75, 3.05) is 0 Å². The van der Waals surface area contributed by atoms with E-state index in [0.717, 1.165) is 12.8 Å². The maximum absolute atomic E-state index is 11.8. The average molecular weight is 224 g/mol. The summed E-state index contributed by atoms with van der Waals surface area (Å²) in [5.41, 5.74) is 0. The molecule has 0 heterocycles. The number of carbonyl (C=O) groups excluding carboxylic acids is 1. The summed E-state index contributed by atoms with van der Waals surface area (Å²) >= 11 is 0. The molecule has 0 rings (SSSR count). The summed E-state index contributed by atoms with van der Waals surface area (Å²) in [5.74, 6) is -0.0944. The van der Waals surface area contributed by atoms with Gasteiger partial charge in [0.15, 0.2) is 0 Å². The van der Waals surface area contributed by atoms with Gasteiger partial charge in [0.25, 0.3) is 0 Å². The lowest BCUT2D eigenvalue weighted by molar-refractivity contribution is -0.125. The van der Waals surface area contributed by atoms with Gasteiger partial charge < -0.3 is 5.32 Å². The Morgan fingerprint density at radius 3 is 2.06 bits per heavy atom. The molecule has 1 amide bonds. The molecule has 0 radical (unpaired) electrons. The Labute approximate surface area is 99.2 Å². The van der Waals surface area contributed by atoms with E-state index < -0.39 is 5.92 Å². The number of hydrogen-bond acceptors (Lipinski definition) is 2. The number of rotatable bonds is 6. The van der Waals surface area contributed by atoms with Crippen molar-refractivity contribution < 1.29 is 4.79 Å². The summed E-state index contributed by atoms with van der Waals surface area (Å²) in [6, 6.07) is 2.22. The first-order valence-corrected chi connectivity index (χ1v) is 6.17. The Kier molecular flexibility index (Phi) is 6.80. The highest BCUT2D eigenvalue weighted by molar-refractivity contribution is 5.81. The predicted octanol–water partition coefficient (Wildman–Crippen LogP) is 2.72. The van der Waals surface area contributed by atoms with Crippen molar-refractivity contribution in [3.63, 3.8) is 0 Å². The van der Waals surface area contributed by atoms with Gasteiger partial charge in [-0.15, -0.1) is 0 Å². The molecule has 0 spiro atoms. The first kappa shape index (κ1) is 15.0. The van der Waals surface area contributed by atoms with Crippen LogP contribution in [0.3, 0.4) is 0 Å². The number of carbonyl (C=O) groups is 1. The van der Waals surface area contributed by atoms with Gasteiger partial charge in [0.2, 0.25) is 5.91 Å². The van der Waals surface area contributed by atoms with Crippen LogP contribution in [0.1, 0.15) is 47.5 Å². The zero-order valence-corrected chi connectivity index (χ0v) is 11.1. The zero-order valence-electron chi connectivity index (χ0n) is 11.1. The lowest BCUT2D eigenvalue weighted by atomic mass is 9.92. The summed E-state index contributed by atoms with van der Waals surface area (Å²) in [4.78, 5) is 11.8. The van der Waals surface area contributed by atoms with E-state index in [1.165, 1.54) is 0 Å². The van der Waals surface area contributed by atoms with Crippen LogP contribution >= 0.6 is 0 Å². The van der Waals surface area contributed by atoms with Crippen LogP contribution in [0.5, 0.6) is 0 Å². The Balaban J connectivity index is 4.38. The molecule has 0 saturated heterocycles. The molecule has 2 unspecified atom stereocenters. The molecular formula is C13H24N2O. The van der Waals surface area contributed by atoms with E-state index in [9.17, 15) is 4.79 Å². The van der Waals surface area contributed by atoms with Crippen LogP contribution in [0.2, 0.25) is 0 Å². The third-order valence-electron chi connectivity index (χ3n) is 3.21. The van der Waals surface area contributed by atoms with Crippen LogP contribution in [0.4, 0.5) is 0 Å². The van der Waals surface area contributed by atoms with Crippen LogP contribution in [-0.4, -0.2) is 11.9 Å². The van der Waals surface area contributed by atoms with Crippen molar-refractivity contribution in [3.8, 4) is 6.07 Å². The number of hydrogen-bond donors (Lipinski definition) is 1. The van der Waals surface area contributed by atoms with Crippen molar-refractivity contribution in [2.45, 2.75) is 53.5 Å². The molecule has 16 heavy (non-hydrogen) atoms. The number of nitriles is 1. The first-order valence-electron chi connectivity index (χ1n) is 6.17. The fraction of sp³-hybridized carbons (Fsp3) is 0.846. The van der Waals surface area contributed by atoms with Crippen LogP contribution in [0.15, 0.2) is 0 Å². The van der Waals surface area contributed by atoms with E-state index in [-0.39, 0.29) is 17.9 Å². The molecule has 2 atom stereocenters.